The smallest absolute Gasteiger partial charge is 0.0235 e. The number of benzene rings is 1. The van der Waals surface area contributed by atoms with Gasteiger partial charge in [-0.3, -0.25) is 0 Å². The molecular formula is C18H28. The van der Waals surface area contributed by atoms with Gasteiger partial charge < -0.3 is 0 Å². The van der Waals surface area contributed by atoms with Crippen molar-refractivity contribution in [2.24, 2.45) is 0 Å². The van der Waals surface area contributed by atoms with Crippen LogP contribution in [0.1, 0.15) is 75.0 Å². The summed E-state index contributed by atoms with van der Waals surface area (Å²) in [6.45, 7) is 2.29. The molecule has 0 saturated heterocycles. The number of aryl methyl sites for hydroxylation is 3. The molecule has 1 aliphatic carbocycles. The van der Waals surface area contributed by atoms with Crippen molar-refractivity contribution in [3.05, 3.63) is 34.9 Å². The standard InChI is InChI=1S/C18H28/c1-2-3-4-5-6-7-8-9-10-16-11-12-17-13-14-18(17)15-16/h11-12,15H,2-10,13-14H2,1H3. The van der Waals surface area contributed by atoms with E-state index in [2.05, 4.69) is 25.1 Å². The SMILES string of the molecule is CCCCCCCCCCc1ccc2c(c1)CC2. The Morgan fingerprint density at radius 2 is 1.44 bits per heavy atom. The Morgan fingerprint density at radius 1 is 0.778 bits per heavy atom. The molecule has 1 aromatic rings. The highest BCUT2D eigenvalue weighted by Gasteiger charge is 2.12. The predicted octanol–water partition coefficient (Wildman–Crippen LogP) is 5.47. The van der Waals surface area contributed by atoms with Gasteiger partial charge in [0.15, 0.2) is 0 Å². The van der Waals surface area contributed by atoms with Crippen molar-refractivity contribution < 1.29 is 0 Å². The Kier molecular flexibility index (Phi) is 5.77. The van der Waals surface area contributed by atoms with E-state index >= 15 is 0 Å². The second-order valence-electron chi connectivity index (χ2n) is 5.83. The van der Waals surface area contributed by atoms with E-state index in [9.17, 15) is 0 Å². The summed E-state index contributed by atoms with van der Waals surface area (Å²) in [5.74, 6) is 0. The maximum Gasteiger partial charge on any atom is -0.0235 e. The summed E-state index contributed by atoms with van der Waals surface area (Å²) >= 11 is 0. The summed E-state index contributed by atoms with van der Waals surface area (Å²) in [5.41, 5.74) is 4.78. The summed E-state index contributed by atoms with van der Waals surface area (Å²) in [6.07, 6.45) is 15.3. The lowest BCUT2D eigenvalue weighted by molar-refractivity contribution is 0.575. The van der Waals surface area contributed by atoms with Crippen LogP contribution in [0.5, 0.6) is 0 Å². The minimum Gasteiger partial charge on any atom is -0.0654 e. The number of hydrogen-bond acceptors (Lipinski definition) is 0. The predicted molar refractivity (Wildman–Crippen MR) is 80.2 cm³/mol. The van der Waals surface area contributed by atoms with E-state index in [1.807, 2.05) is 0 Å². The summed E-state index contributed by atoms with van der Waals surface area (Å²) < 4.78 is 0. The third-order valence-corrected chi connectivity index (χ3v) is 4.25. The third kappa shape index (κ3) is 4.15. The second kappa shape index (κ2) is 7.61. The van der Waals surface area contributed by atoms with Crippen molar-refractivity contribution in [3.8, 4) is 0 Å². The fraction of sp³-hybridized carbons (Fsp3) is 0.667. The first kappa shape index (κ1) is 13.6. The van der Waals surface area contributed by atoms with Crippen molar-refractivity contribution in [3.63, 3.8) is 0 Å². The van der Waals surface area contributed by atoms with E-state index in [4.69, 9.17) is 0 Å². The van der Waals surface area contributed by atoms with Crippen LogP contribution in [0.2, 0.25) is 0 Å². The average molecular weight is 244 g/mol. The zero-order valence-corrected chi connectivity index (χ0v) is 12.0. The Hall–Kier alpha value is -0.780. The first-order valence-electron chi connectivity index (χ1n) is 8.01. The maximum atomic E-state index is 2.44. The zero-order chi connectivity index (χ0) is 12.6. The molecule has 0 fully saturated rings. The summed E-state index contributed by atoms with van der Waals surface area (Å²) in [6, 6.07) is 7.14. The van der Waals surface area contributed by atoms with Crippen molar-refractivity contribution in [1.82, 2.24) is 0 Å². The minimum atomic E-state index is 1.29. The van der Waals surface area contributed by atoms with E-state index in [0.29, 0.717) is 0 Å². The first-order valence-corrected chi connectivity index (χ1v) is 8.01. The Balaban J connectivity index is 1.51. The lowest BCUT2D eigenvalue weighted by Gasteiger charge is -2.19. The Bertz CT molecular complexity index is 351. The van der Waals surface area contributed by atoms with Gasteiger partial charge in [-0.05, 0) is 42.4 Å². The Labute approximate surface area is 113 Å². The van der Waals surface area contributed by atoms with Crippen molar-refractivity contribution in [2.75, 3.05) is 0 Å². The zero-order valence-electron chi connectivity index (χ0n) is 12.0. The van der Waals surface area contributed by atoms with Gasteiger partial charge in [-0.1, -0.05) is 70.1 Å². The molecule has 0 unspecified atom stereocenters. The lowest BCUT2D eigenvalue weighted by atomic mass is 9.86. The van der Waals surface area contributed by atoms with Crippen LogP contribution >= 0.6 is 0 Å². The minimum absolute atomic E-state index is 1.29. The van der Waals surface area contributed by atoms with Gasteiger partial charge in [0.25, 0.3) is 0 Å². The molecule has 18 heavy (non-hydrogen) atoms. The molecule has 100 valence electrons. The molecule has 0 nitrogen and oxygen atoms in total. The summed E-state index contributed by atoms with van der Waals surface area (Å²) in [4.78, 5) is 0. The van der Waals surface area contributed by atoms with E-state index in [1.165, 1.54) is 70.6 Å². The molecule has 0 bridgehead atoms. The van der Waals surface area contributed by atoms with E-state index in [-0.39, 0.29) is 0 Å². The van der Waals surface area contributed by atoms with Gasteiger partial charge in [0.05, 0.1) is 0 Å². The second-order valence-corrected chi connectivity index (χ2v) is 5.83. The fourth-order valence-electron chi connectivity index (χ4n) is 2.87. The van der Waals surface area contributed by atoms with Crippen LogP contribution in [0, 0.1) is 0 Å². The molecule has 0 aromatic heterocycles. The molecule has 1 aliphatic rings. The van der Waals surface area contributed by atoms with Gasteiger partial charge in [-0.25, -0.2) is 0 Å². The van der Waals surface area contributed by atoms with Crippen LogP contribution in [0.3, 0.4) is 0 Å². The molecule has 0 spiro atoms. The molecule has 0 N–H and O–H groups in total. The van der Waals surface area contributed by atoms with E-state index in [0.717, 1.165) is 0 Å². The molecule has 0 heteroatoms. The van der Waals surface area contributed by atoms with Gasteiger partial charge >= 0.3 is 0 Å². The van der Waals surface area contributed by atoms with Crippen molar-refractivity contribution >= 4 is 0 Å². The van der Waals surface area contributed by atoms with Gasteiger partial charge in [0.1, 0.15) is 0 Å². The van der Waals surface area contributed by atoms with E-state index in [1.54, 1.807) is 16.7 Å². The highest BCUT2D eigenvalue weighted by atomic mass is 14.2. The lowest BCUT2D eigenvalue weighted by Crippen LogP contribution is -2.08. The highest BCUT2D eigenvalue weighted by molar-refractivity contribution is 5.38. The molecule has 0 amide bonds. The summed E-state index contributed by atoms with van der Waals surface area (Å²) in [5, 5.41) is 0. The van der Waals surface area contributed by atoms with Crippen LogP contribution in [0.15, 0.2) is 18.2 Å². The van der Waals surface area contributed by atoms with Gasteiger partial charge in [-0.15, -0.1) is 0 Å². The summed E-state index contributed by atoms with van der Waals surface area (Å²) in [7, 11) is 0. The number of unbranched alkanes of at least 4 members (excludes halogenated alkanes) is 7. The van der Waals surface area contributed by atoms with Crippen molar-refractivity contribution in [2.45, 2.75) is 77.6 Å². The number of rotatable bonds is 9. The molecule has 1 aromatic carbocycles. The van der Waals surface area contributed by atoms with Crippen LogP contribution in [-0.2, 0) is 19.3 Å². The average Bonchev–Trinajstić information content (AvgIpc) is 2.35. The topological polar surface area (TPSA) is 0 Å². The van der Waals surface area contributed by atoms with Gasteiger partial charge in [0.2, 0.25) is 0 Å². The van der Waals surface area contributed by atoms with Crippen LogP contribution < -0.4 is 0 Å². The fourth-order valence-corrected chi connectivity index (χ4v) is 2.87. The van der Waals surface area contributed by atoms with Gasteiger partial charge in [0, 0.05) is 0 Å². The monoisotopic (exact) mass is 244 g/mol. The first-order chi connectivity index (χ1) is 8.90. The maximum absolute atomic E-state index is 2.44. The molecule has 0 radical (unpaired) electrons. The van der Waals surface area contributed by atoms with Crippen molar-refractivity contribution in [1.29, 1.82) is 0 Å². The number of hydrogen-bond donors (Lipinski definition) is 0. The van der Waals surface area contributed by atoms with Crippen LogP contribution in [0.25, 0.3) is 0 Å². The third-order valence-electron chi connectivity index (χ3n) is 4.25. The van der Waals surface area contributed by atoms with E-state index < -0.39 is 0 Å². The molecule has 0 atom stereocenters. The largest absolute Gasteiger partial charge is 0.0654 e. The molecule has 2 rings (SSSR count). The van der Waals surface area contributed by atoms with Crippen LogP contribution in [0.4, 0.5) is 0 Å². The molecular weight excluding hydrogens is 216 g/mol. The van der Waals surface area contributed by atoms with Crippen LogP contribution in [-0.4, -0.2) is 0 Å². The van der Waals surface area contributed by atoms with Gasteiger partial charge in [-0.2, -0.15) is 0 Å². The number of fused-ring (bicyclic) bond motifs is 1. The molecule has 0 saturated carbocycles. The molecule has 0 heterocycles. The Morgan fingerprint density at radius 3 is 2.06 bits per heavy atom. The highest BCUT2D eigenvalue weighted by Crippen LogP contribution is 2.24. The normalized spacial score (nSPS) is 13.2. The molecule has 0 aliphatic heterocycles. The quantitative estimate of drug-likeness (QED) is 0.505.